The van der Waals surface area contributed by atoms with Gasteiger partial charge in [0, 0.05) is 16.5 Å². The number of nitrogens with zero attached hydrogens (tertiary/aromatic N) is 1. The number of allylic oxidation sites excluding steroid dienone is 1. The van der Waals surface area contributed by atoms with Crippen molar-refractivity contribution >= 4 is 49.3 Å². The molecule has 0 atom stereocenters. The third-order valence-corrected chi connectivity index (χ3v) is 7.24. The highest BCUT2D eigenvalue weighted by atomic mass is 15.0. The van der Waals surface area contributed by atoms with Gasteiger partial charge in [0.15, 0.2) is 0 Å². The van der Waals surface area contributed by atoms with Crippen LogP contribution in [0.2, 0.25) is 0 Å². The Bertz CT molecular complexity index is 1940. The Morgan fingerprint density at radius 2 is 1.25 bits per heavy atom. The quantitative estimate of drug-likeness (QED) is 0.232. The third kappa shape index (κ3) is 3.10. The highest BCUT2D eigenvalue weighted by Gasteiger charge is 2.19. The standard InChI is InChI=1S/C35H25N/c1-2-11-25-14-10-19-30-32-23-33(27-21-20-24-12-6-7-13-26(24)22-27)36(28-15-4-3-5-16-28)35(32)31-18-9-8-17-29(31)34(25)30/h2-23H,1H3/b11-2-. The van der Waals surface area contributed by atoms with Crippen LogP contribution in [0, 0.1) is 0 Å². The van der Waals surface area contributed by atoms with Gasteiger partial charge in [-0.2, -0.15) is 0 Å². The summed E-state index contributed by atoms with van der Waals surface area (Å²) in [6.45, 7) is 2.09. The van der Waals surface area contributed by atoms with Crippen LogP contribution in [-0.4, -0.2) is 4.57 Å². The van der Waals surface area contributed by atoms with E-state index in [0.717, 1.165) is 0 Å². The zero-order valence-corrected chi connectivity index (χ0v) is 20.1. The van der Waals surface area contributed by atoms with Crippen LogP contribution in [0.3, 0.4) is 0 Å². The van der Waals surface area contributed by atoms with Crippen molar-refractivity contribution in [3.8, 4) is 16.9 Å². The molecule has 0 N–H and O–H groups in total. The number of hydrogen-bond acceptors (Lipinski definition) is 0. The van der Waals surface area contributed by atoms with Crippen LogP contribution in [0.15, 0.2) is 127 Å². The molecule has 0 amide bonds. The molecule has 0 aliphatic carbocycles. The molecule has 0 radical (unpaired) electrons. The van der Waals surface area contributed by atoms with Crippen molar-refractivity contribution < 1.29 is 0 Å². The molecule has 7 rings (SSSR count). The largest absolute Gasteiger partial charge is 0.309 e. The zero-order valence-electron chi connectivity index (χ0n) is 20.1. The topological polar surface area (TPSA) is 4.93 Å². The maximum absolute atomic E-state index is 2.45. The smallest absolute Gasteiger partial charge is 0.0619 e. The Morgan fingerprint density at radius 3 is 2.08 bits per heavy atom. The van der Waals surface area contributed by atoms with Crippen LogP contribution in [0.1, 0.15) is 12.5 Å². The summed E-state index contributed by atoms with van der Waals surface area (Å²) in [4.78, 5) is 0. The minimum atomic E-state index is 1.17. The van der Waals surface area contributed by atoms with Gasteiger partial charge in [-0.3, -0.25) is 0 Å². The summed E-state index contributed by atoms with van der Waals surface area (Å²) >= 11 is 0. The Morgan fingerprint density at radius 1 is 0.556 bits per heavy atom. The lowest BCUT2D eigenvalue weighted by molar-refractivity contribution is 1.14. The second-order valence-corrected chi connectivity index (χ2v) is 9.34. The summed E-state index contributed by atoms with van der Waals surface area (Å²) < 4.78 is 2.45. The monoisotopic (exact) mass is 459 g/mol. The predicted molar refractivity (Wildman–Crippen MR) is 156 cm³/mol. The highest BCUT2D eigenvalue weighted by molar-refractivity contribution is 6.27. The highest BCUT2D eigenvalue weighted by Crippen LogP contribution is 2.42. The van der Waals surface area contributed by atoms with Crippen LogP contribution in [0.4, 0.5) is 0 Å². The molecule has 6 aromatic carbocycles. The molecule has 0 saturated carbocycles. The Hall–Kier alpha value is -4.62. The van der Waals surface area contributed by atoms with Crippen molar-refractivity contribution in [3.63, 3.8) is 0 Å². The fraction of sp³-hybridized carbons (Fsp3) is 0.0286. The molecule has 0 bridgehead atoms. The molecule has 1 heterocycles. The van der Waals surface area contributed by atoms with Crippen molar-refractivity contribution in [3.05, 3.63) is 133 Å². The molecule has 7 aromatic rings. The van der Waals surface area contributed by atoms with E-state index < -0.39 is 0 Å². The second-order valence-electron chi connectivity index (χ2n) is 9.34. The Balaban J connectivity index is 1.70. The zero-order chi connectivity index (χ0) is 24.1. The number of para-hydroxylation sites is 1. The lowest BCUT2D eigenvalue weighted by Crippen LogP contribution is -1.97. The van der Waals surface area contributed by atoms with Crippen molar-refractivity contribution in [2.75, 3.05) is 0 Å². The summed E-state index contributed by atoms with van der Waals surface area (Å²) in [5.41, 5.74) is 6.11. The number of fused-ring (bicyclic) bond motifs is 7. The van der Waals surface area contributed by atoms with Crippen LogP contribution >= 0.6 is 0 Å². The van der Waals surface area contributed by atoms with Crippen molar-refractivity contribution in [2.24, 2.45) is 0 Å². The van der Waals surface area contributed by atoms with E-state index in [1.807, 2.05) is 0 Å². The molecule has 1 aromatic heterocycles. The van der Waals surface area contributed by atoms with Gasteiger partial charge in [-0.25, -0.2) is 0 Å². The molecule has 0 aliphatic rings. The lowest BCUT2D eigenvalue weighted by Gasteiger charge is -2.15. The first-order chi connectivity index (χ1) is 17.8. The molecule has 0 saturated heterocycles. The minimum absolute atomic E-state index is 1.17. The Labute approximate surface area is 210 Å². The maximum Gasteiger partial charge on any atom is 0.0619 e. The van der Waals surface area contributed by atoms with Gasteiger partial charge in [-0.05, 0) is 69.2 Å². The normalized spacial score (nSPS) is 11.9. The average molecular weight is 460 g/mol. The van der Waals surface area contributed by atoms with Gasteiger partial charge in [0.25, 0.3) is 0 Å². The van der Waals surface area contributed by atoms with Gasteiger partial charge in [0.2, 0.25) is 0 Å². The fourth-order valence-corrected chi connectivity index (χ4v) is 5.71. The van der Waals surface area contributed by atoms with E-state index in [9.17, 15) is 0 Å². The van der Waals surface area contributed by atoms with E-state index in [4.69, 9.17) is 0 Å². The maximum atomic E-state index is 2.45. The number of aromatic nitrogens is 1. The van der Waals surface area contributed by atoms with E-state index in [1.165, 1.54) is 65.7 Å². The molecular weight excluding hydrogens is 434 g/mol. The summed E-state index contributed by atoms with van der Waals surface area (Å²) in [5, 5.41) is 8.95. The number of rotatable bonds is 3. The number of hydrogen-bond donors (Lipinski definition) is 0. The molecule has 0 unspecified atom stereocenters. The first-order valence-corrected chi connectivity index (χ1v) is 12.5. The summed E-state index contributed by atoms with van der Waals surface area (Å²) in [7, 11) is 0. The van der Waals surface area contributed by atoms with Crippen molar-refractivity contribution in [2.45, 2.75) is 6.92 Å². The van der Waals surface area contributed by atoms with Crippen LogP contribution in [0.25, 0.3) is 66.2 Å². The molecule has 0 spiro atoms. The van der Waals surface area contributed by atoms with Crippen molar-refractivity contribution in [1.82, 2.24) is 4.57 Å². The molecule has 170 valence electrons. The average Bonchev–Trinajstić information content (AvgIpc) is 3.35. The van der Waals surface area contributed by atoms with Gasteiger partial charge in [0.1, 0.15) is 0 Å². The van der Waals surface area contributed by atoms with Gasteiger partial charge in [-0.1, -0.05) is 109 Å². The van der Waals surface area contributed by atoms with E-state index >= 15 is 0 Å². The summed E-state index contributed by atoms with van der Waals surface area (Å²) in [5.74, 6) is 0. The lowest BCUT2D eigenvalue weighted by atomic mass is 9.94. The molecule has 36 heavy (non-hydrogen) atoms. The molecule has 1 nitrogen and oxygen atoms in total. The van der Waals surface area contributed by atoms with E-state index in [2.05, 4.69) is 145 Å². The third-order valence-electron chi connectivity index (χ3n) is 7.24. The molecular formula is C35H25N. The second kappa shape index (κ2) is 8.25. The molecule has 1 heteroatoms. The van der Waals surface area contributed by atoms with Gasteiger partial charge in [0.05, 0.1) is 11.2 Å². The summed E-state index contributed by atoms with van der Waals surface area (Å²) in [6, 6.07) is 44.1. The minimum Gasteiger partial charge on any atom is -0.309 e. The first-order valence-electron chi connectivity index (χ1n) is 12.5. The van der Waals surface area contributed by atoms with E-state index in [-0.39, 0.29) is 0 Å². The molecule has 0 fully saturated rings. The van der Waals surface area contributed by atoms with Crippen LogP contribution in [0.5, 0.6) is 0 Å². The first kappa shape index (κ1) is 20.7. The SMILES string of the molecule is C/C=C\c1cccc2c3cc(-c4ccc5ccccc5c4)n(-c4ccccc4)c3c3ccccc3c12. The van der Waals surface area contributed by atoms with Gasteiger partial charge >= 0.3 is 0 Å². The van der Waals surface area contributed by atoms with Gasteiger partial charge < -0.3 is 4.57 Å². The fourth-order valence-electron chi connectivity index (χ4n) is 5.71. The van der Waals surface area contributed by atoms with Crippen molar-refractivity contribution in [1.29, 1.82) is 0 Å². The number of benzene rings is 6. The van der Waals surface area contributed by atoms with Gasteiger partial charge in [-0.15, -0.1) is 0 Å². The predicted octanol–water partition coefficient (Wildman–Crippen LogP) is 9.79. The van der Waals surface area contributed by atoms with E-state index in [0.29, 0.717) is 0 Å². The summed E-state index contributed by atoms with van der Waals surface area (Å²) in [6.07, 6.45) is 4.35. The van der Waals surface area contributed by atoms with Crippen LogP contribution < -0.4 is 0 Å². The van der Waals surface area contributed by atoms with E-state index in [1.54, 1.807) is 0 Å². The Kier molecular flexibility index (Phi) is 4.75. The molecule has 0 aliphatic heterocycles. The van der Waals surface area contributed by atoms with Crippen LogP contribution in [-0.2, 0) is 0 Å².